The molecule has 0 saturated heterocycles. The van der Waals surface area contributed by atoms with Gasteiger partial charge in [-0.1, -0.05) is 12.1 Å². The number of aliphatic hydroxyl groups is 1. The van der Waals surface area contributed by atoms with Crippen LogP contribution in [0, 0.1) is 17.5 Å². The molecule has 0 aliphatic heterocycles. The van der Waals surface area contributed by atoms with E-state index < -0.39 is 29.5 Å². The molecule has 1 amide bonds. The number of amides is 1. The molecule has 116 valence electrons. The van der Waals surface area contributed by atoms with Gasteiger partial charge in [-0.2, -0.15) is 0 Å². The molecule has 1 atom stereocenters. The number of benzene rings is 2. The maximum atomic E-state index is 13.4. The van der Waals surface area contributed by atoms with E-state index in [1.54, 1.807) is 0 Å². The smallest absolute Gasteiger partial charge is 0.223 e. The topological polar surface area (TPSA) is 49.3 Å². The molecular weight excluding hydrogens is 295 g/mol. The molecule has 2 N–H and O–H groups in total. The first-order chi connectivity index (χ1) is 10.5. The highest BCUT2D eigenvalue weighted by Crippen LogP contribution is 2.17. The maximum Gasteiger partial charge on any atom is 0.223 e. The van der Waals surface area contributed by atoms with Crippen molar-refractivity contribution < 1.29 is 23.1 Å². The maximum absolute atomic E-state index is 13.4. The molecule has 0 radical (unpaired) electrons. The molecule has 0 bridgehead atoms. The number of halogens is 3. The van der Waals surface area contributed by atoms with Crippen LogP contribution in [-0.2, 0) is 11.3 Å². The second kappa shape index (κ2) is 7.09. The van der Waals surface area contributed by atoms with Crippen LogP contribution in [0.25, 0.3) is 0 Å². The third-order valence-corrected chi connectivity index (χ3v) is 3.10. The van der Waals surface area contributed by atoms with Crippen molar-refractivity contribution in [3.63, 3.8) is 0 Å². The highest BCUT2D eigenvalue weighted by atomic mass is 19.1. The molecule has 0 aliphatic carbocycles. The Morgan fingerprint density at radius 3 is 2.55 bits per heavy atom. The van der Waals surface area contributed by atoms with Crippen molar-refractivity contribution in [2.75, 3.05) is 0 Å². The summed E-state index contributed by atoms with van der Waals surface area (Å²) in [6.45, 7) is -0.196. The standard InChI is InChI=1S/C16H14F3NO2/c17-12-3-1-2-10(6-12)15(21)8-16(22)20-9-11-7-13(18)4-5-14(11)19/h1-7,15,21H,8-9H2,(H,20,22). The van der Waals surface area contributed by atoms with E-state index in [-0.39, 0.29) is 24.1 Å². The number of nitrogens with one attached hydrogen (secondary N) is 1. The fraction of sp³-hybridized carbons (Fsp3) is 0.188. The normalized spacial score (nSPS) is 12.0. The van der Waals surface area contributed by atoms with Crippen LogP contribution >= 0.6 is 0 Å². The van der Waals surface area contributed by atoms with Gasteiger partial charge in [-0.05, 0) is 35.9 Å². The highest BCUT2D eigenvalue weighted by molar-refractivity contribution is 5.76. The lowest BCUT2D eigenvalue weighted by Crippen LogP contribution is -2.25. The van der Waals surface area contributed by atoms with Crippen molar-refractivity contribution in [1.82, 2.24) is 5.32 Å². The van der Waals surface area contributed by atoms with Gasteiger partial charge in [0, 0.05) is 12.1 Å². The van der Waals surface area contributed by atoms with Gasteiger partial charge < -0.3 is 10.4 Å². The Bertz CT molecular complexity index is 676. The van der Waals surface area contributed by atoms with Crippen LogP contribution in [0.3, 0.4) is 0 Å². The Hall–Kier alpha value is -2.34. The minimum absolute atomic E-state index is 0.00796. The van der Waals surface area contributed by atoms with E-state index in [0.717, 1.165) is 24.3 Å². The zero-order valence-electron chi connectivity index (χ0n) is 11.5. The predicted octanol–water partition coefficient (Wildman–Crippen LogP) is 2.84. The quantitative estimate of drug-likeness (QED) is 0.892. The van der Waals surface area contributed by atoms with Crippen LogP contribution in [0.5, 0.6) is 0 Å². The third kappa shape index (κ3) is 4.33. The van der Waals surface area contributed by atoms with Crippen molar-refractivity contribution in [2.45, 2.75) is 19.1 Å². The monoisotopic (exact) mass is 309 g/mol. The number of rotatable bonds is 5. The Balaban J connectivity index is 1.91. The molecule has 2 rings (SSSR count). The molecule has 0 spiro atoms. The first kappa shape index (κ1) is 16.0. The highest BCUT2D eigenvalue weighted by Gasteiger charge is 2.14. The fourth-order valence-electron chi connectivity index (χ4n) is 1.95. The van der Waals surface area contributed by atoms with Crippen LogP contribution in [-0.4, -0.2) is 11.0 Å². The van der Waals surface area contributed by atoms with Crippen LogP contribution in [0.1, 0.15) is 23.7 Å². The summed E-state index contributed by atoms with van der Waals surface area (Å²) in [7, 11) is 0. The van der Waals surface area contributed by atoms with Crippen LogP contribution in [0.15, 0.2) is 42.5 Å². The fourth-order valence-corrected chi connectivity index (χ4v) is 1.95. The molecular formula is C16H14F3NO2. The Labute approximate surface area is 125 Å². The van der Waals surface area contributed by atoms with E-state index in [4.69, 9.17) is 0 Å². The van der Waals surface area contributed by atoms with Gasteiger partial charge in [0.15, 0.2) is 0 Å². The van der Waals surface area contributed by atoms with Crippen molar-refractivity contribution >= 4 is 5.91 Å². The lowest BCUT2D eigenvalue weighted by atomic mass is 10.1. The third-order valence-electron chi connectivity index (χ3n) is 3.10. The summed E-state index contributed by atoms with van der Waals surface area (Å²) in [6, 6.07) is 8.21. The van der Waals surface area contributed by atoms with E-state index in [1.807, 2.05) is 0 Å². The average Bonchev–Trinajstić information content (AvgIpc) is 2.48. The van der Waals surface area contributed by atoms with Crippen LogP contribution < -0.4 is 5.32 Å². The Morgan fingerprint density at radius 2 is 1.82 bits per heavy atom. The van der Waals surface area contributed by atoms with E-state index in [2.05, 4.69) is 5.32 Å². The zero-order valence-corrected chi connectivity index (χ0v) is 11.5. The summed E-state index contributed by atoms with van der Waals surface area (Å²) in [5, 5.41) is 12.2. The second-order valence-electron chi connectivity index (χ2n) is 4.79. The van der Waals surface area contributed by atoms with Crippen molar-refractivity contribution in [2.24, 2.45) is 0 Å². The lowest BCUT2D eigenvalue weighted by Gasteiger charge is -2.12. The molecule has 0 saturated carbocycles. The van der Waals surface area contributed by atoms with Gasteiger partial charge >= 0.3 is 0 Å². The van der Waals surface area contributed by atoms with Gasteiger partial charge in [0.1, 0.15) is 17.5 Å². The number of carbonyl (C=O) groups excluding carboxylic acids is 1. The van der Waals surface area contributed by atoms with Crippen molar-refractivity contribution in [1.29, 1.82) is 0 Å². The van der Waals surface area contributed by atoms with Gasteiger partial charge in [0.05, 0.1) is 12.5 Å². The average molecular weight is 309 g/mol. The molecule has 3 nitrogen and oxygen atoms in total. The van der Waals surface area contributed by atoms with Crippen molar-refractivity contribution in [3.05, 3.63) is 71.0 Å². The summed E-state index contributed by atoms with van der Waals surface area (Å²) in [5.41, 5.74) is 0.278. The van der Waals surface area contributed by atoms with Gasteiger partial charge in [0.2, 0.25) is 5.91 Å². The van der Waals surface area contributed by atoms with E-state index in [9.17, 15) is 23.1 Å². The Kier molecular flexibility index (Phi) is 5.16. The summed E-state index contributed by atoms with van der Waals surface area (Å²) < 4.78 is 39.4. The number of aliphatic hydroxyl groups excluding tert-OH is 1. The molecule has 2 aromatic carbocycles. The minimum Gasteiger partial charge on any atom is -0.388 e. The first-order valence-corrected chi connectivity index (χ1v) is 6.60. The van der Waals surface area contributed by atoms with E-state index in [1.165, 1.54) is 18.2 Å². The largest absolute Gasteiger partial charge is 0.388 e. The molecule has 22 heavy (non-hydrogen) atoms. The molecule has 6 heteroatoms. The summed E-state index contributed by atoms with van der Waals surface area (Å²) in [6.07, 6.45) is -1.48. The molecule has 1 unspecified atom stereocenters. The summed E-state index contributed by atoms with van der Waals surface area (Å²) in [5.74, 6) is -2.31. The molecule has 0 aromatic heterocycles. The molecule has 0 heterocycles. The Morgan fingerprint density at radius 1 is 1.09 bits per heavy atom. The summed E-state index contributed by atoms with van der Waals surface area (Å²) in [4.78, 5) is 11.7. The van der Waals surface area contributed by atoms with Gasteiger partial charge in [-0.25, -0.2) is 13.2 Å². The van der Waals surface area contributed by atoms with Crippen LogP contribution in [0.4, 0.5) is 13.2 Å². The molecule has 0 aliphatic rings. The summed E-state index contributed by atoms with van der Waals surface area (Å²) >= 11 is 0. The number of hydrogen-bond donors (Lipinski definition) is 2. The van der Waals surface area contributed by atoms with Crippen molar-refractivity contribution in [3.8, 4) is 0 Å². The van der Waals surface area contributed by atoms with E-state index in [0.29, 0.717) is 0 Å². The zero-order chi connectivity index (χ0) is 16.1. The van der Waals surface area contributed by atoms with Gasteiger partial charge in [-0.3, -0.25) is 4.79 Å². The molecule has 2 aromatic rings. The van der Waals surface area contributed by atoms with Gasteiger partial charge in [0.25, 0.3) is 0 Å². The number of carbonyl (C=O) groups is 1. The predicted molar refractivity (Wildman–Crippen MR) is 74.2 cm³/mol. The van der Waals surface area contributed by atoms with Crippen LogP contribution in [0.2, 0.25) is 0 Å². The van der Waals surface area contributed by atoms with E-state index >= 15 is 0 Å². The molecule has 0 fully saturated rings. The number of hydrogen-bond acceptors (Lipinski definition) is 2. The van der Waals surface area contributed by atoms with Gasteiger partial charge in [-0.15, -0.1) is 0 Å². The second-order valence-corrected chi connectivity index (χ2v) is 4.79. The lowest BCUT2D eigenvalue weighted by molar-refractivity contribution is -0.123. The SMILES string of the molecule is O=C(CC(O)c1cccc(F)c1)NCc1cc(F)ccc1F. The first-order valence-electron chi connectivity index (χ1n) is 6.60. The minimum atomic E-state index is -1.17.